The molecule has 1 amide bonds. The average molecular weight is 384 g/mol. The fourth-order valence-electron chi connectivity index (χ4n) is 3.21. The molecule has 0 aliphatic carbocycles. The molecule has 3 aromatic carbocycles. The average Bonchev–Trinajstić information content (AvgIpc) is 2.77. The first-order chi connectivity index (χ1) is 14.1. The number of rotatable bonds is 5. The van der Waals surface area contributed by atoms with E-state index in [1.165, 1.54) is 4.68 Å². The van der Waals surface area contributed by atoms with E-state index in [9.17, 15) is 9.59 Å². The molecule has 29 heavy (non-hydrogen) atoms. The van der Waals surface area contributed by atoms with Crippen molar-refractivity contribution in [2.75, 3.05) is 5.01 Å². The molecule has 6 nitrogen and oxygen atoms in total. The Morgan fingerprint density at radius 2 is 1.48 bits per heavy atom. The maximum absolute atomic E-state index is 13.2. The van der Waals surface area contributed by atoms with Crippen molar-refractivity contribution in [3.63, 3.8) is 0 Å². The normalized spacial score (nSPS) is 10.7. The van der Waals surface area contributed by atoms with Crippen molar-refractivity contribution in [3.8, 4) is 0 Å². The minimum atomic E-state index is -0.378. The van der Waals surface area contributed by atoms with E-state index in [2.05, 4.69) is 10.5 Å². The van der Waals surface area contributed by atoms with Crippen LogP contribution in [0.4, 0.5) is 5.69 Å². The van der Waals surface area contributed by atoms with Gasteiger partial charge in [0.15, 0.2) is 5.69 Å². The summed E-state index contributed by atoms with van der Waals surface area (Å²) in [6.45, 7) is 0.486. The topological polar surface area (TPSA) is 67.2 Å². The molecule has 4 aromatic rings. The van der Waals surface area contributed by atoms with Crippen LogP contribution in [-0.4, -0.2) is 15.7 Å². The van der Waals surface area contributed by atoms with Gasteiger partial charge in [-0.3, -0.25) is 20.0 Å². The van der Waals surface area contributed by atoms with Crippen molar-refractivity contribution in [3.05, 3.63) is 107 Å². The number of aromatic nitrogens is 2. The maximum atomic E-state index is 13.2. The molecule has 0 fully saturated rings. The third-order valence-electron chi connectivity index (χ3n) is 4.66. The van der Waals surface area contributed by atoms with Crippen LogP contribution in [0.5, 0.6) is 0 Å². The van der Waals surface area contributed by atoms with Crippen LogP contribution in [0.25, 0.3) is 10.8 Å². The lowest BCUT2D eigenvalue weighted by atomic mass is 10.1. The Kier molecular flexibility index (Phi) is 5.07. The van der Waals surface area contributed by atoms with Gasteiger partial charge in [-0.15, -0.1) is 0 Å². The highest BCUT2D eigenvalue weighted by molar-refractivity contribution is 6.05. The van der Waals surface area contributed by atoms with Crippen molar-refractivity contribution < 1.29 is 4.79 Å². The van der Waals surface area contributed by atoms with Gasteiger partial charge in [0.2, 0.25) is 0 Å². The largest absolute Gasteiger partial charge is 0.290 e. The van der Waals surface area contributed by atoms with E-state index >= 15 is 0 Å². The van der Waals surface area contributed by atoms with Crippen LogP contribution in [0.15, 0.2) is 89.7 Å². The van der Waals surface area contributed by atoms with Crippen LogP contribution in [-0.2, 0) is 13.6 Å². The summed E-state index contributed by atoms with van der Waals surface area (Å²) in [6.07, 6.45) is 0. The third kappa shape index (κ3) is 3.87. The summed E-state index contributed by atoms with van der Waals surface area (Å²) in [4.78, 5) is 25.5. The Morgan fingerprint density at radius 1 is 0.897 bits per heavy atom. The predicted molar refractivity (Wildman–Crippen MR) is 114 cm³/mol. The van der Waals surface area contributed by atoms with Gasteiger partial charge in [-0.25, -0.2) is 4.68 Å². The zero-order valence-electron chi connectivity index (χ0n) is 15.9. The summed E-state index contributed by atoms with van der Waals surface area (Å²) >= 11 is 0. The second kappa shape index (κ2) is 7.98. The Hall–Kier alpha value is -3.93. The molecule has 0 aliphatic rings. The number of carbonyl (C=O) groups is 1. The lowest BCUT2D eigenvalue weighted by molar-refractivity contribution is 0.0943. The first-order valence-electron chi connectivity index (χ1n) is 9.27. The maximum Gasteiger partial charge on any atom is 0.290 e. The number of amides is 1. The number of hydrogen-bond acceptors (Lipinski definition) is 4. The minimum absolute atomic E-state index is 0.205. The third-order valence-corrected chi connectivity index (χ3v) is 4.66. The summed E-state index contributed by atoms with van der Waals surface area (Å²) in [5.41, 5.74) is 4.82. The zero-order chi connectivity index (χ0) is 20.2. The van der Waals surface area contributed by atoms with E-state index in [1.807, 2.05) is 60.7 Å². The quantitative estimate of drug-likeness (QED) is 0.536. The summed E-state index contributed by atoms with van der Waals surface area (Å²) in [5, 5.41) is 6.99. The van der Waals surface area contributed by atoms with E-state index in [1.54, 1.807) is 36.3 Å². The molecular formula is C23H20N4O2. The number of anilines is 1. The Labute approximate surface area is 168 Å². The molecule has 0 radical (unpaired) electrons. The minimum Gasteiger partial charge on any atom is -0.281 e. The molecule has 1 heterocycles. The van der Waals surface area contributed by atoms with Crippen molar-refractivity contribution in [2.24, 2.45) is 7.05 Å². The molecule has 0 spiro atoms. The van der Waals surface area contributed by atoms with E-state index in [-0.39, 0.29) is 17.2 Å². The molecule has 0 saturated heterocycles. The Morgan fingerprint density at radius 3 is 2.17 bits per heavy atom. The molecule has 1 aromatic heterocycles. The van der Waals surface area contributed by atoms with Gasteiger partial charge in [-0.05, 0) is 23.8 Å². The van der Waals surface area contributed by atoms with Crippen LogP contribution in [0.1, 0.15) is 16.1 Å². The lowest BCUT2D eigenvalue weighted by Gasteiger charge is -2.25. The predicted octanol–water partition coefficient (Wildman–Crippen LogP) is 3.29. The van der Waals surface area contributed by atoms with Gasteiger partial charge < -0.3 is 0 Å². The molecule has 0 saturated carbocycles. The van der Waals surface area contributed by atoms with Crippen LogP contribution in [0.2, 0.25) is 0 Å². The van der Waals surface area contributed by atoms with Gasteiger partial charge in [-0.2, -0.15) is 5.10 Å². The monoisotopic (exact) mass is 384 g/mol. The first-order valence-corrected chi connectivity index (χ1v) is 9.27. The van der Waals surface area contributed by atoms with Crippen LogP contribution in [0, 0.1) is 0 Å². The molecule has 4 rings (SSSR count). The highest BCUT2D eigenvalue weighted by Gasteiger charge is 2.18. The second-order valence-corrected chi connectivity index (χ2v) is 6.67. The number of nitrogens with one attached hydrogen (secondary N) is 1. The van der Waals surface area contributed by atoms with Gasteiger partial charge in [0.25, 0.3) is 11.5 Å². The second-order valence-electron chi connectivity index (χ2n) is 6.67. The van der Waals surface area contributed by atoms with E-state index in [0.29, 0.717) is 17.3 Å². The van der Waals surface area contributed by atoms with Gasteiger partial charge in [-0.1, -0.05) is 66.7 Å². The number of fused-ring (bicyclic) bond motifs is 1. The summed E-state index contributed by atoms with van der Waals surface area (Å²) < 4.78 is 1.20. The Bertz CT molecular complexity index is 1200. The van der Waals surface area contributed by atoms with Crippen LogP contribution >= 0.6 is 0 Å². The van der Waals surface area contributed by atoms with Crippen molar-refractivity contribution in [1.82, 2.24) is 15.2 Å². The Balaban J connectivity index is 1.71. The van der Waals surface area contributed by atoms with Crippen LogP contribution in [0.3, 0.4) is 0 Å². The van der Waals surface area contributed by atoms with Gasteiger partial charge in [0, 0.05) is 12.4 Å². The molecule has 6 heteroatoms. The highest BCUT2D eigenvalue weighted by Crippen LogP contribution is 2.17. The fraction of sp³-hybridized carbons (Fsp3) is 0.0870. The zero-order valence-corrected chi connectivity index (χ0v) is 15.9. The van der Waals surface area contributed by atoms with Gasteiger partial charge >= 0.3 is 0 Å². The highest BCUT2D eigenvalue weighted by atomic mass is 16.2. The molecular weight excluding hydrogens is 364 g/mol. The van der Waals surface area contributed by atoms with Crippen molar-refractivity contribution >= 4 is 22.4 Å². The molecule has 144 valence electrons. The SMILES string of the molecule is Cn1nc(C(=O)NN(Cc2ccccc2)c2ccccc2)c2ccccc2c1=O. The van der Waals surface area contributed by atoms with E-state index < -0.39 is 0 Å². The number of hydrogen-bond donors (Lipinski definition) is 1. The standard InChI is InChI=1S/C23H20N4O2/c1-26-23(29)20-15-9-8-14-19(20)21(24-26)22(28)25-27(18-12-6-3-7-13-18)16-17-10-4-2-5-11-17/h2-15H,16H2,1H3,(H,25,28). The molecule has 1 N–H and O–H groups in total. The number of para-hydroxylation sites is 1. The van der Waals surface area contributed by atoms with Crippen LogP contribution < -0.4 is 16.0 Å². The number of nitrogens with zero attached hydrogens (tertiary/aromatic N) is 3. The van der Waals surface area contributed by atoms with E-state index in [0.717, 1.165) is 11.3 Å². The van der Waals surface area contributed by atoms with E-state index in [4.69, 9.17) is 0 Å². The molecule has 0 atom stereocenters. The number of aryl methyl sites for hydroxylation is 1. The fourth-order valence-corrected chi connectivity index (χ4v) is 3.21. The summed E-state index contributed by atoms with van der Waals surface area (Å²) in [6, 6.07) is 26.5. The summed E-state index contributed by atoms with van der Waals surface area (Å²) in [5.74, 6) is -0.378. The van der Waals surface area contributed by atoms with Crippen molar-refractivity contribution in [1.29, 1.82) is 0 Å². The number of carbonyl (C=O) groups excluding carboxylic acids is 1. The lowest BCUT2D eigenvalue weighted by Crippen LogP contribution is -2.43. The number of hydrazine groups is 1. The van der Waals surface area contributed by atoms with Gasteiger partial charge in [0.1, 0.15) is 0 Å². The molecule has 0 bridgehead atoms. The van der Waals surface area contributed by atoms with Gasteiger partial charge in [0.05, 0.1) is 17.6 Å². The van der Waals surface area contributed by atoms with Crippen molar-refractivity contribution in [2.45, 2.75) is 6.54 Å². The summed E-state index contributed by atoms with van der Waals surface area (Å²) in [7, 11) is 1.55. The smallest absolute Gasteiger partial charge is 0.281 e. The molecule has 0 aliphatic heterocycles. The first kappa shape index (κ1) is 18.4. The number of benzene rings is 3. The molecule has 0 unspecified atom stereocenters.